The molecule has 1 saturated carbocycles. The second-order valence-electron chi connectivity index (χ2n) is 4.45. The van der Waals surface area contributed by atoms with E-state index >= 15 is 0 Å². The highest BCUT2D eigenvalue weighted by molar-refractivity contribution is 6.33. The third-order valence-corrected chi connectivity index (χ3v) is 3.62. The van der Waals surface area contributed by atoms with Crippen LogP contribution in [0.25, 0.3) is 0 Å². The number of hydrogen-bond donors (Lipinski definition) is 2. The quantitative estimate of drug-likeness (QED) is 0.839. The zero-order valence-electron chi connectivity index (χ0n) is 9.70. The fourth-order valence-electron chi connectivity index (χ4n) is 2.29. The molecule has 6 heteroatoms. The summed E-state index contributed by atoms with van der Waals surface area (Å²) in [5.41, 5.74) is 0.392. The van der Waals surface area contributed by atoms with Crippen LogP contribution in [0.1, 0.15) is 29.6 Å². The molecule has 1 fully saturated rings. The molecule has 1 aromatic rings. The minimum atomic E-state index is -0.230. The summed E-state index contributed by atoms with van der Waals surface area (Å²) >= 11 is 11.5. The Morgan fingerprint density at radius 2 is 2.06 bits per heavy atom. The first-order chi connectivity index (χ1) is 8.60. The number of aliphatic hydroxyl groups is 1. The molecule has 0 saturated heterocycles. The van der Waals surface area contributed by atoms with Crippen molar-refractivity contribution in [3.8, 4) is 0 Å². The van der Waals surface area contributed by atoms with Crippen molar-refractivity contribution in [2.24, 2.45) is 5.92 Å². The van der Waals surface area contributed by atoms with Crippen molar-refractivity contribution in [1.29, 1.82) is 0 Å². The number of halogens is 2. The number of amides is 1. The summed E-state index contributed by atoms with van der Waals surface area (Å²) in [5.74, 6) is -0.0896. The van der Waals surface area contributed by atoms with Gasteiger partial charge in [-0.25, -0.2) is 4.98 Å². The summed E-state index contributed by atoms with van der Waals surface area (Å²) in [6.07, 6.45) is 2.86. The van der Waals surface area contributed by atoms with Crippen LogP contribution in [0.5, 0.6) is 0 Å². The van der Waals surface area contributed by atoms with Gasteiger partial charge in [-0.3, -0.25) is 4.79 Å². The van der Waals surface area contributed by atoms with Crippen LogP contribution >= 0.6 is 23.2 Å². The van der Waals surface area contributed by atoms with Gasteiger partial charge in [-0.1, -0.05) is 29.6 Å². The molecule has 1 heterocycles. The van der Waals surface area contributed by atoms with Gasteiger partial charge >= 0.3 is 0 Å². The first kappa shape index (κ1) is 13.6. The number of nitrogens with zero attached hydrogens (tertiary/aromatic N) is 1. The summed E-state index contributed by atoms with van der Waals surface area (Å²) in [4.78, 5) is 15.8. The summed E-state index contributed by atoms with van der Waals surface area (Å²) in [7, 11) is 0. The topological polar surface area (TPSA) is 62.2 Å². The van der Waals surface area contributed by atoms with Gasteiger partial charge in [0, 0.05) is 24.1 Å². The zero-order chi connectivity index (χ0) is 13.1. The van der Waals surface area contributed by atoms with Crippen molar-refractivity contribution in [3.63, 3.8) is 0 Å². The molecule has 2 N–H and O–H groups in total. The van der Waals surface area contributed by atoms with Crippen molar-refractivity contribution >= 4 is 29.1 Å². The third kappa shape index (κ3) is 3.13. The number of carbonyl (C=O) groups excluding carboxylic acids is 1. The van der Waals surface area contributed by atoms with Gasteiger partial charge in [0.15, 0.2) is 0 Å². The van der Waals surface area contributed by atoms with Gasteiger partial charge in [-0.2, -0.15) is 0 Å². The molecule has 0 bridgehead atoms. The van der Waals surface area contributed by atoms with Crippen LogP contribution in [0.2, 0.25) is 10.3 Å². The third-order valence-electron chi connectivity index (χ3n) is 3.24. The van der Waals surface area contributed by atoms with E-state index < -0.39 is 0 Å². The van der Waals surface area contributed by atoms with E-state index in [-0.39, 0.29) is 34.8 Å². The van der Waals surface area contributed by atoms with Crippen LogP contribution in [0, 0.1) is 5.92 Å². The lowest BCUT2D eigenvalue weighted by molar-refractivity contribution is 0.0916. The minimum absolute atomic E-state index is 0.0215. The highest BCUT2D eigenvalue weighted by Gasteiger charge is 2.28. The largest absolute Gasteiger partial charge is 0.396 e. The van der Waals surface area contributed by atoms with Crippen LogP contribution < -0.4 is 5.32 Å². The lowest BCUT2D eigenvalue weighted by Crippen LogP contribution is -2.38. The molecule has 4 nitrogen and oxygen atoms in total. The molecule has 1 aliphatic rings. The standard InChI is InChI=1S/C12H14Cl2N2O2/c13-10-4-8(5-11(14)16-10)12(18)15-9-3-1-2-7(9)6-17/h4-5,7,9,17H,1-3,6H2,(H,15,18). The maximum absolute atomic E-state index is 12.0. The van der Waals surface area contributed by atoms with Crippen molar-refractivity contribution in [2.45, 2.75) is 25.3 Å². The molecule has 0 spiro atoms. The van der Waals surface area contributed by atoms with Gasteiger partial charge < -0.3 is 10.4 Å². The van der Waals surface area contributed by atoms with Crippen LogP contribution in [-0.4, -0.2) is 28.6 Å². The van der Waals surface area contributed by atoms with Crippen LogP contribution in [0.15, 0.2) is 12.1 Å². The van der Waals surface area contributed by atoms with Crippen LogP contribution in [0.4, 0.5) is 0 Å². The molecule has 0 radical (unpaired) electrons. The van der Waals surface area contributed by atoms with Gasteiger partial charge in [0.25, 0.3) is 5.91 Å². The summed E-state index contributed by atoms with van der Waals surface area (Å²) in [5, 5.41) is 12.5. The summed E-state index contributed by atoms with van der Waals surface area (Å²) < 4.78 is 0. The second-order valence-corrected chi connectivity index (χ2v) is 5.23. The molecule has 2 rings (SSSR count). The van der Waals surface area contributed by atoms with Gasteiger partial charge in [0.05, 0.1) is 0 Å². The van der Waals surface area contributed by atoms with Crippen molar-refractivity contribution in [1.82, 2.24) is 10.3 Å². The Hall–Kier alpha value is -0.840. The lowest BCUT2D eigenvalue weighted by atomic mass is 10.0. The molecule has 0 aromatic carbocycles. The normalized spacial score (nSPS) is 23.1. The Balaban J connectivity index is 2.07. The van der Waals surface area contributed by atoms with E-state index in [9.17, 15) is 9.90 Å². The second kappa shape index (κ2) is 5.87. The van der Waals surface area contributed by atoms with E-state index in [1.165, 1.54) is 12.1 Å². The molecule has 1 aliphatic carbocycles. The average molecular weight is 289 g/mol. The number of hydrogen-bond acceptors (Lipinski definition) is 3. The van der Waals surface area contributed by atoms with E-state index in [2.05, 4.69) is 10.3 Å². The molecular weight excluding hydrogens is 275 g/mol. The Morgan fingerprint density at radius 1 is 1.39 bits per heavy atom. The van der Waals surface area contributed by atoms with Crippen molar-refractivity contribution in [3.05, 3.63) is 28.0 Å². The van der Waals surface area contributed by atoms with E-state index in [4.69, 9.17) is 23.2 Å². The van der Waals surface area contributed by atoms with E-state index in [1.54, 1.807) is 0 Å². The average Bonchev–Trinajstić information content (AvgIpc) is 2.75. The fourth-order valence-corrected chi connectivity index (χ4v) is 2.75. The highest BCUT2D eigenvalue weighted by atomic mass is 35.5. The van der Waals surface area contributed by atoms with Gasteiger partial charge in [-0.15, -0.1) is 0 Å². The number of carbonyl (C=O) groups is 1. The minimum Gasteiger partial charge on any atom is -0.396 e. The Bertz CT molecular complexity index is 433. The molecule has 2 atom stereocenters. The Kier molecular flexibility index (Phi) is 4.43. The number of rotatable bonds is 3. The smallest absolute Gasteiger partial charge is 0.251 e. The number of pyridine rings is 1. The monoisotopic (exact) mass is 288 g/mol. The Morgan fingerprint density at radius 3 is 2.67 bits per heavy atom. The lowest BCUT2D eigenvalue weighted by Gasteiger charge is -2.19. The predicted molar refractivity (Wildman–Crippen MR) is 69.9 cm³/mol. The maximum atomic E-state index is 12.0. The highest BCUT2D eigenvalue weighted by Crippen LogP contribution is 2.25. The van der Waals surface area contributed by atoms with Crippen LogP contribution in [0.3, 0.4) is 0 Å². The summed E-state index contributed by atoms with van der Waals surface area (Å²) in [6, 6.07) is 2.98. The summed E-state index contributed by atoms with van der Waals surface area (Å²) in [6.45, 7) is 0.100. The van der Waals surface area contributed by atoms with Crippen LogP contribution in [-0.2, 0) is 0 Å². The molecule has 2 unspecified atom stereocenters. The van der Waals surface area contributed by atoms with Gasteiger partial charge in [-0.05, 0) is 25.0 Å². The molecule has 98 valence electrons. The van der Waals surface area contributed by atoms with E-state index in [0.29, 0.717) is 5.56 Å². The molecule has 1 aromatic heterocycles. The first-order valence-corrected chi connectivity index (χ1v) is 6.60. The number of aliphatic hydroxyl groups excluding tert-OH is 1. The maximum Gasteiger partial charge on any atom is 0.251 e. The van der Waals surface area contributed by atoms with E-state index in [1.807, 2.05) is 0 Å². The number of aromatic nitrogens is 1. The van der Waals surface area contributed by atoms with Crippen molar-refractivity contribution in [2.75, 3.05) is 6.61 Å². The predicted octanol–water partition coefficient (Wildman–Crippen LogP) is 2.28. The first-order valence-electron chi connectivity index (χ1n) is 5.85. The van der Waals surface area contributed by atoms with Gasteiger partial charge in [0.2, 0.25) is 0 Å². The van der Waals surface area contributed by atoms with E-state index in [0.717, 1.165) is 19.3 Å². The molecule has 1 amide bonds. The number of nitrogens with one attached hydrogen (secondary N) is 1. The fraction of sp³-hybridized carbons (Fsp3) is 0.500. The van der Waals surface area contributed by atoms with Gasteiger partial charge in [0.1, 0.15) is 10.3 Å². The Labute approximate surface area is 115 Å². The van der Waals surface area contributed by atoms with Crippen molar-refractivity contribution < 1.29 is 9.90 Å². The molecule has 18 heavy (non-hydrogen) atoms. The zero-order valence-corrected chi connectivity index (χ0v) is 11.2. The SMILES string of the molecule is O=C(NC1CCCC1CO)c1cc(Cl)nc(Cl)c1. The molecule has 0 aliphatic heterocycles. The molecular formula is C12H14Cl2N2O2.